The number of likely N-dealkylation sites (tertiary alicyclic amines) is 1. The molecule has 0 bridgehead atoms. The monoisotopic (exact) mass is 338 g/mol. The van der Waals surface area contributed by atoms with Crippen molar-refractivity contribution in [3.63, 3.8) is 0 Å². The Bertz CT molecular complexity index is 524. The highest BCUT2D eigenvalue weighted by atomic mass is 32.2. The van der Waals surface area contributed by atoms with Crippen LogP contribution in [0.3, 0.4) is 0 Å². The number of nitrogens with zero attached hydrogens (tertiary/aromatic N) is 2. The Morgan fingerprint density at radius 1 is 1.61 bits per heavy atom. The number of nitrogens with one attached hydrogen (secondary N) is 2. The Morgan fingerprint density at radius 2 is 2.48 bits per heavy atom. The number of carbonyl (C=O) groups excluding carboxylic acids is 1. The van der Waals surface area contributed by atoms with Gasteiger partial charge in [-0.05, 0) is 31.9 Å². The van der Waals surface area contributed by atoms with E-state index in [1.165, 1.54) is 0 Å². The summed E-state index contributed by atoms with van der Waals surface area (Å²) in [6.45, 7) is 1.83. The molecule has 1 aromatic heterocycles. The van der Waals surface area contributed by atoms with E-state index in [2.05, 4.69) is 20.2 Å². The molecule has 1 amide bonds. The molecule has 1 aliphatic heterocycles. The van der Waals surface area contributed by atoms with E-state index in [0.29, 0.717) is 11.8 Å². The summed E-state index contributed by atoms with van der Waals surface area (Å²) in [6, 6.07) is 0.589. The van der Waals surface area contributed by atoms with Gasteiger partial charge in [0.15, 0.2) is 0 Å². The number of hydrogen-bond donors (Lipinski definition) is 2. The van der Waals surface area contributed by atoms with E-state index in [-0.39, 0.29) is 17.6 Å². The van der Waals surface area contributed by atoms with E-state index in [4.69, 9.17) is 4.74 Å². The molecular formula is C16H26N4O2S. The van der Waals surface area contributed by atoms with Crippen LogP contribution >= 0.6 is 11.8 Å². The maximum atomic E-state index is 11.9. The first-order valence-corrected chi connectivity index (χ1v) is 9.62. The molecule has 2 N–H and O–H groups in total. The van der Waals surface area contributed by atoms with Crippen molar-refractivity contribution in [2.45, 2.75) is 49.9 Å². The molecule has 0 aromatic carbocycles. The summed E-state index contributed by atoms with van der Waals surface area (Å²) < 4.78 is 5.96. The van der Waals surface area contributed by atoms with Gasteiger partial charge in [-0.15, -0.1) is 0 Å². The first-order valence-electron chi connectivity index (χ1n) is 8.22. The van der Waals surface area contributed by atoms with E-state index in [1.807, 2.05) is 19.6 Å². The van der Waals surface area contributed by atoms with Gasteiger partial charge in [0.1, 0.15) is 5.82 Å². The molecule has 2 fully saturated rings. The normalized spacial score (nSPS) is 31.0. The van der Waals surface area contributed by atoms with Gasteiger partial charge in [-0.3, -0.25) is 9.69 Å². The molecule has 0 spiro atoms. The number of rotatable bonds is 6. The lowest BCUT2D eigenvalue weighted by Crippen LogP contribution is -2.54. The highest BCUT2D eigenvalue weighted by molar-refractivity contribution is 7.99. The van der Waals surface area contributed by atoms with Crippen molar-refractivity contribution in [1.82, 2.24) is 20.2 Å². The maximum absolute atomic E-state index is 11.9. The Morgan fingerprint density at radius 3 is 3.17 bits per heavy atom. The van der Waals surface area contributed by atoms with Crippen molar-refractivity contribution in [2.75, 3.05) is 25.7 Å². The fourth-order valence-electron chi connectivity index (χ4n) is 4.09. The Labute approximate surface area is 141 Å². The first-order chi connectivity index (χ1) is 11.2. The second kappa shape index (κ2) is 7.23. The molecule has 128 valence electrons. The molecule has 7 heteroatoms. The van der Waals surface area contributed by atoms with E-state index in [9.17, 15) is 4.79 Å². The van der Waals surface area contributed by atoms with Crippen LogP contribution in [0.5, 0.6) is 0 Å². The van der Waals surface area contributed by atoms with Crippen molar-refractivity contribution < 1.29 is 9.53 Å². The molecule has 6 nitrogen and oxygen atoms in total. The molecule has 1 saturated carbocycles. The summed E-state index contributed by atoms with van der Waals surface area (Å²) in [6.07, 6.45) is 9.63. The van der Waals surface area contributed by atoms with Crippen LogP contribution < -0.4 is 5.32 Å². The van der Waals surface area contributed by atoms with Crippen LogP contribution in [0.25, 0.3) is 0 Å². The molecule has 3 rings (SSSR count). The highest BCUT2D eigenvalue weighted by Crippen LogP contribution is 2.42. The number of carbonyl (C=O) groups is 1. The van der Waals surface area contributed by atoms with E-state index in [0.717, 1.165) is 44.6 Å². The Balaban J connectivity index is 1.67. The van der Waals surface area contributed by atoms with Crippen molar-refractivity contribution in [3.8, 4) is 0 Å². The minimum absolute atomic E-state index is 0.0622. The van der Waals surface area contributed by atoms with Crippen LogP contribution in [0.2, 0.25) is 0 Å². The predicted octanol–water partition coefficient (Wildman–Crippen LogP) is 1.40. The SMILES string of the molecule is CO[C@@]12CC[C@@H](NC(=O)CSC)C[C@@H]1N(Cc1ncc[nH]1)CC2. The Kier molecular flexibility index (Phi) is 5.28. The minimum Gasteiger partial charge on any atom is -0.377 e. The van der Waals surface area contributed by atoms with Gasteiger partial charge in [-0.1, -0.05) is 0 Å². The maximum Gasteiger partial charge on any atom is 0.230 e. The summed E-state index contributed by atoms with van der Waals surface area (Å²) in [5.41, 5.74) is -0.0622. The third-order valence-corrected chi connectivity index (χ3v) is 5.80. The second-order valence-electron chi connectivity index (χ2n) is 6.51. The molecule has 0 radical (unpaired) electrons. The van der Waals surface area contributed by atoms with Crippen LogP contribution in [-0.2, 0) is 16.1 Å². The van der Waals surface area contributed by atoms with Gasteiger partial charge in [0.05, 0.1) is 17.9 Å². The fourth-order valence-corrected chi connectivity index (χ4v) is 4.43. The number of methoxy groups -OCH3 is 1. The lowest BCUT2D eigenvalue weighted by atomic mass is 9.78. The zero-order valence-electron chi connectivity index (χ0n) is 13.9. The third-order valence-electron chi connectivity index (χ3n) is 5.25. The second-order valence-corrected chi connectivity index (χ2v) is 7.38. The molecule has 0 unspecified atom stereocenters. The Hall–Kier alpha value is -1.05. The van der Waals surface area contributed by atoms with Gasteiger partial charge in [-0.2, -0.15) is 11.8 Å². The van der Waals surface area contributed by atoms with E-state index < -0.39 is 0 Å². The van der Waals surface area contributed by atoms with Gasteiger partial charge in [0.25, 0.3) is 0 Å². The highest BCUT2D eigenvalue weighted by Gasteiger charge is 2.51. The summed E-state index contributed by atoms with van der Waals surface area (Å²) in [4.78, 5) is 21.9. The van der Waals surface area contributed by atoms with Crippen molar-refractivity contribution in [1.29, 1.82) is 0 Å². The quantitative estimate of drug-likeness (QED) is 0.820. The smallest absolute Gasteiger partial charge is 0.230 e. The molecule has 1 aliphatic carbocycles. The lowest BCUT2D eigenvalue weighted by Gasteiger charge is -2.43. The molecule has 1 saturated heterocycles. The zero-order chi connectivity index (χ0) is 16.3. The molecule has 2 heterocycles. The number of ether oxygens (including phenoxy) is 1. The standard InChI is InChI=1S/C16H26N4O2S/c1-22-16-4-3-12(19-15(21)11-23-2)9-13(16)20(8-5-16)10-14-17-6-7-18-14/h6-7,12-13H,3-5,8-11H2,1-2H3,(H,17,18)(H,19,21)/t12-,13+,16-/m1/s1. The third kappa shape index (κ3) is 3.56. The summed E-state index contributed by atoms with van der Waals surface area (Å²) in [7, 11) is 1.83. The van der Waals surface area contributed by atoms with Gasteiger partial charge in [0, 0.05) is 38.1 Å². The topological polar surface area (TPSA) is 70.2 Å². The van der Waals surface area contributed by atoms with Crippen LogP contribution in [0.15, 0.2) is 12.4 Å². The van der Waals surface area contributed by atoms with Crippen molar-refractivity contribution in [2.24, 2.45) is 0 Å². The molecule has 1 aromatic rings. The summed E-state index contributed by atoms with van der Waals surface area (Å²) >= 11 is 1.57. The largest absolute Gasteiger partial charge is 0.377 e. The minimum atomic E-state index is -0.0622. The zero-order valence-corrected chi connectivity index (χ0v) is 14.7. The average molecular weight is 338 g/mol. The number of amides is 1. The van der Waals surface area contributed by atoms with Gasteiger partial charge in [0.2, 0.25) is 5.91 Å². The van der Waals surface area contributed by atoms with Crippen LogP contribution in [0.4, 0.5) is 0 Å². The number of aromatic amines is 1. The van der Waals surface area contributed by atoms with E-state index in [1.54, 1.807) is 18.0 Å². The molecular weight excluding hydrogens is 312 g/mol. The number of hydrogen-bond acceptors (Lipinski definition) is 5. The molecule has 3 atom stereocenters. The summed E-state index contributed by atoms with van der Waals surface area (Å²) in [5, 5.41) is 3.19. The fraction of sp³-hybridized carbons (Fsp3) is 0.750. The van der Waals surface area contributed by atoms with Crippen LogP contribution in [-0.4, -0.2) is 64.1 Å². The van der Waals surface area contributed by atoms with Gasteiger partial charge >= 0.3 is 0 Å². The first kappa shape index (κ1) is 16.8. The lowest BCUT2D eigenvalue weighted by molar-refractivity contribution is -0.120. The van der Waals surface area contributed by atoms with Gasteiger partial charge < -0.3 is 15.0 Å². The molecule has 23 heavy (non-hydrogen) atoms. The number of fused-ring (bicyclic) bond motifs is 1. The summed E-state index contributed by atoms with van der Waals surface area (Å²) in [5.74, 6) is 1.67. The number of thioether (sulfide) groups is 1. The van der Waals surface area contributed by atoms with Crippen LogP contribution in [0, 0.1) is 0 Å². The van der Waals surface area contributed by atoms with Crippen molar-refractivity contribution in [3.05, 3.63) is 18.2 Å². The number of imidazole rings is 1. The molecule has 2 aliphatic rings. The van der Waals surface area contributed by atoms with E-state index >= 15 is 0 Å². The number of H-pyrrole nitrogens is 1. The average Bonchev–Trinajstić information content (AvgIpc) is 3.17. The van der Waals surface area contributed by atoms with Crippen LogP contribution in [0.1, 0.15) is 31.5 Å². The number of aromatic nitrogens is 2. The van der Waals surface area contributed by atoms with Gasteiger partial charge in [-0.25, -0.2) is 4.98 Å². The van der Waals surface area contributed by atoms with Crippen molar-refractivity contribution >= 4 is 17.7 Å². The predicted molar refractivity (Wildman–Crippen MR) is 91.3 cm³/mol.